The van der Waals surface area contributed by atoms with Gasteiger partial charge in [-0.15, -0.1) is 12.4 Å². The van der Waals surface area contributed by atoms with Gasteiger partial charge < -0.3 is 10.2 Å². The number of para-hydroxylation sites is 1. The maximum absolute atomic E-state index is 13.2. The topological polar surface area (TPSA) is 94.6 Å². The minimum Gasteiger partial charge on any atom is -0.351 e. The summed E-state index contributed by atoms with van der Waals surface area (Å²) in [6.45, 7) is 6.72. The van der Waals surface area contributed by atoms with Crippen molar-refractivity contribution in [1.82, 2.24) is 15.2 Å². The molecule has 3 aromatic carbocycles. The van der Waals surface area contributed by atoms with E-state index in [0.717, 1.165) is 55.4 Å². The SMILES string of the molecule is CCc1ccc2nc(N3CCN(CCNC(=O)c4ccccc4NS(=O)(=O)c4ccc(F)cc4)CC3)sc2c1.Cl. The van der Waals surface area contributed by atoms with Gasteiger partial charge in [-0.1, -0.05) is 36.5 Å². The fourth-order valence-electron chi connectivity index (χ4n) is 4.49. The van der Waals surface area contributed by atoms with Gasteiger partial charge in [0.25, 0.3) is 15.9 Å². The van der Waals surface area contributed by atoms with Crippen LogP contribution in [0.15, 0.2) is 71.6 Å². The number of nitrogens with zero attached hydrogens (tertiary/aromatic N) is 3. The number of aryl methyl sites for hydroxylation is 1. The van der Waals surface area contributed by atoms with Crippen LogP contribution in [0, 0.1) is 5.82 Å². The largest absolute Gasteiger partial charge is 0.351 e. The minimum atomic E-state index is -3.98. The first-order valence-electron chi connectivity index (χ1n) is 12.8. The standard InChI is InChI=1S/C28H30FN5O3S2.ClH/c1-2-20-7-12-25-26(19-20)38-28(31-25)34-17-15-33(16-18-34)14-13-30-27(35)23-5-3-4-6-24(23)32-39(36,37)22-10-8-21(29)9-11-22;/h3-12,19,32H,2,13-18H2,1H3,(H,30,35);1H. The zero-order valence-electron chi connectivity index (χ0n) is 22.0. The van der Waals surface area contributed by atoms with Crippen molar-refractivity contribution in [3.05, 3.63) is 83.7 Å². The average molecular weight is 604 g/mol. The molecular formula is C28H31ClFN5O3S2. The molecule has 1 aliphatic heterocycles. The Labute approximate surface area is 243 Å². The van der Waals surface area contributed by atoms with E-state index >= 15 is 0 Å². The third kappa shape index (κ3) is 6.90. The van der Waals surface area contributed by atoms with E-state index in [0.29, 0.717) is 13.1 Å². The zero-order chi connectivity index (χ0) is 27.4. The second kappa shape index (κ2) is 12.9. The van der Waals surface area contributed by atoms with E-state index in [2.05, 4.69) is 45.0 Å². The molecule has 1 amide bonds. The number of amides is 1. The van der Waals surface area contributed by atoms with Crippen LogP contribution in [0.3, 0.4) is 0 Å². The molecule has 40 heavy (non-hydrogen) atoms. The van der Waals surface area contributed by atoms with Crippen molar-refractivity contribution >= 4 is 60.7 Å². The second-order valence-corrected chi connectivity index (χ2v) is 12.0. The monoisotopic (exact) mass is 603 g/mol. The second-order valence-electron chi connectivity index (χ2n) is 9.34. The average Bonchev–Trinajstić information content (AvgIpc) is 3.37. The summed E-state index contributed by atoms with van der Waals surface area (Å²) in [5, 5.41) is 3.95. The predicted octanol–water partition coefficient (Wildman–Crippen LogP) is 4.77. The van der Waals surface area contributed by atoms with Crippen LogP contribution < -0.4 is 14.9 Å². The number of fused-ring (bicyclic) bond motifs is 1. The first-order chi connectivity index (χ1) is 18.8. The van der Waals surface area contributed by atoms with Crippen molar-refractivity contribution in [2.45, 2.75) is 18.2 Å². The van der Waals surface area contributed by atoms with Gasteiger partial charge in [0.1, 0.15) is 5.82 Å². The Kier molecular flexibility index (Phi) is 9.62. The molecule has 0 aliphatic carbocycles. The van der Waals surface area contributed by atoms with Crippen LogP contribution in [-0.4, -0.2) is 63.5 Å². The Hall–Kier alpha value is -3.25. The van der Waals surface area contributed by atoms with Gasteiger partial charge in [0, 0.05) is 39.3 Å². The Morgan fingerprint density at radius 2 is 1.75 bits per heavy atom. The van der Waals surface area contributed by atoms with Crippen molar-refractivity contribution in [2.75, 3.05) is 48.9 Å². The lowest BCUT2D eigenvalue weighted by molar-refractivity contribution is 0.0948. The number of piperazine rings is 1. The van der Waals surface area contributed by atoms with E-state index in [-0.39, 0.29) is 34.5 Å². The summed E-state index contributed by atoms with van der Waals surface area (Å²) in [5.41, 5.74) is 2.74. The fraction of sp³-hybridized carbons (Fsp3) is 0.286. The number of carbonyl (C=O) groups is 1. The zero-order valence-corrected chi connectivity index (χ0v) is 24.4. The molecule has 2 N–H and O–H groups in total. The van der Waals surface area contributed by atoms with Crippen molar-refractivity contribution in [2.24, 2.45) is 0 Å². The molecule has 1 aliphatic rings. The Morgan fingerprint density at radius 3 is 2.48 bits per heavy atom. The molecule has 0 saturated carbocycles. The molecule has 4 aromatic rings. The van der Waals surface area contributed by atoms with Gasteiger partial charge in [0.2, 0.25) is 0 Å². The van der Waals surface area contributed by atoms with Crippen LogP contribution in [0.5, 0.6) is 0 Å². The summed E-state index contributed by atoms with van der Waals surface area (Å²) in [5.74, 6) is -0.899. The van der Waals surface area contributed by atoms with E-state index in [4.69, 9.17) is 4.98 Å². The molecule has 5 rings (SSSR count). The molecule has 2 heterocycles. The van der Waals surface area contributed by atoms with Gasteiger partial charge in [0.15, 0.2) is 5.13 Å². The molecular weight excluding hydrogens is 573 g/mol. The van der Waals surface area contributed by atoms with Crippen molar-refractivity contribution in [3.8, 4) is 0 Å². The molecule has 0 bridgehead atoms. The molecule has 0 unspecified atom stereocenters. The summed E-state index contributed by atoms with van der Waals surface area (Å²) < 4.78 is 42.3. The molecule has 0 atom stereocenters. The molecule has 8 nitrogen and oxygen atoms in total. The summed E-state index contributed by atoms with van der Waals surface area (Å²) in [4.78, 5) is 22.2. The van der Waals surface area contributed by atoms with Crippen LogP contribution in [0.25, 0.3) is 10.2 Å². The molecule has 1 aromatic heterocycles. The van der Waals surface area contributed by atoms with Crippen LogP contribution >= 0.6 is 23.7 Å². The molecule has 0 radical (unpaired) electrons. The van der Waals surface area contributed by atoms with Gasteiger partial charge in [0.05, 0.1) is 26.4 Å². The van der Waals surface area contributed by atoms with Crippen molar-refractivity contribution < 1.29 is 17.6 Å². The lowest BCUT2D eigenvalue weighted by Gasteiger charge is -2.34. The number of carbonyl (C=O) groups excluding carboxylic acids is 1. The highest BCUT2D eigenvalue weighted by molar-refractivity contribution is 7.92. The van der Waals surface area contributed by atoms with Gasteiger partial charge in [-0.25, -0.2) is 17.8 Å². The van der Waals surface area contributed by atoms with Crippen LogP contribution in [0.2, 0.25) is 0 Å². The van der Waals surface area contributed by atoms with E-state index in [9.17, 15) is 17.6 Å². The summed E-state index contributed by atoms with van der Waals surface area (Å²) in [6.07, 6.45) is 1.01. The lowest BCUT2D eigenvalue weighted by Crippen LogP contribution is -2.48. The normalized spacial score (nSPS) is 14.1. The van der Waals surface area contributed by atoms with Crippen molar-refractivity contribution in [3.63, 3.8) is 0 Å². The highest BCUT2D eigenvalue weighted by atomic mass is 35.5. The number of sulfonamides is 1. The van der Waals surface area contributed by atoms with Crippen LogP contribution in [0.1, 0.15) is 22.8 Å². The van der Waals surface area contributed by atoms with Gasteiger partial charge in [-0.2, -0.15) is 0 Å². The third-order valence-corrected chi connectivity index (χ3v) is 9.21. The number of benzene rings is 3. The molecule has 0 spiro atoms. The number of nitrogens with one attached hydrogen (secondary N) is 2. The number of halogens is 2. The van der Waals surface area contributed by atoms with Crippen LogP contribution in [-0.2, 0) is 16.4 Å². The summed E-state index contributed by atoms with van der Waals surface area (Å²) >= 11 is 1.73. The number of aromatic nitrogens is 1. The quantitative estimate of drug-likeness (QED) is 0.286. The predicted molar refractivity (Wildman–Crippen MR) is 161 cm³/mol. The molecule has 1 saturated heterocycles. The van der Waals surface area contributed by atoms with Crippen molar-refractivity contribution in [1.29, 1.82) is 0 Å². The van der Waals surface area contributed by atoms with E-state index in [1.165, 1.54) is 28.5 Å². The maximum Gasteiger partial charge on any atom is 0.261 e. The molecule has 212 valence electrons. The number of thiazole rings is 1. The van der Waals surface area contributed by atoms with Crippen LogP contribution in [0.4, 0.5) is 15.2 Å². The highest BCUT2D eigenvalue weighted by Crippen LogP contribution is 2.30. The number of rotatable bonds is 9. The molecule has 12 heteroatoms. The molecule has 1 fully saturated rings. The first-order valence-corrected chi connectivity index (χ1v) is 15.1. The van der Waals surface area contributed by atoms with Gasteiger partial charge in [-0.3, -0.25) is 14.4 Å². The fourth-order valence-corrected chi connectivity index (χ4v) is 6.65. The summed E-state index contributed by atoms with van der Waals surface area (Å²) in [6, 6.07) is 17.4. The maximum atomic E-state index is 13.2. The number of hydrogen-bond donors (Lipinski definition) is 2. The van der Waals surface area contributed by atoms with Gasteiger partial charge in [-0.05, 0) is 60.5 Å². The lowest BCUT2D eigenvalue weighted by atomic mass is 10.1. The van der Waals surface area contributed by atoms with E-state index in [1.807, 2.05) is 0 Å². The minimum absolute atomic E-state index is 0. The van der Waals surface area contributed by atoms with Gasteiger partial charge >= 0.3 is 0 Å². The first kappa shape index (κ1) is 29.7. The van der Waals surface area contributed by atoms with E-state index in [1.54, 1.807) is 29.5 Å². The summed E-state index contributed by atoms with van der Waals surface area (Å²) in [7, 11) is -3.98. The number of hydrogen-bond acceptors (Lipinski definition) is 7. The Morgan fingerprint density at radius 1 is 1.02 bits per heavy atom. The smallest absolute Gasteiger partial charge is 0.261 e. The third-order valence-electron chi connectivity index (χ3n) is 6.75. The Bertz CT molecular complexity index is 1570. The van der Waals surface area contributed by atoms with E-state index < -0.39 is 15.8 Å². The Balaban J connectivity index is 0.00000370. The highest BCUT2D eigenvalue weighted by Gasteiger charge is 2.21. The number of anilines is 2.